The molecule has 1 aliphatic heterocycles. The van der Waals surface area contributed by atoms with Gasteiger partial charge >= 0.3 is 5.97 Å². The second kappa shape index (κ2) is 7.78. The Labute approximate surface area is 161 Å². The third-order valence-corrected chi connectivity index (χ3v) is 5.81. The number of methoxy groups -OCH3 is 1. The molecule has 26 heavy (non-hydrogen) atoms. The number of amides is 2. The van der Waals surface area contributed by atoms with Crippen LogP contribution in [0.5, 0.6) is 0 Å². The van der Waals surface area contributed by atoms with Crippen LogP contribution in [0.4, 0.5) is 5.69 Å². The van der Waals surface area contributed by atoms with Gasteiger partial charge in [0, 0.05) is 23.1 Å². The molecular formula is C19H23BrN2O4. The highest BCUT2D eigenvalue weighted by Crippen LogP contribution is 2.31. The molecule has 2 fully saturated rings. The Morgan fingerprint density at radius 1 is 1.19 bits per heavy atom. The third kappa shape index (κ3) is 3.77. The van der Waals surface area contributed by atoms with Crippen LogP contribution in [0.2, 0.25) is 0 Å². The summed E-state index contributed by atoms with van der Waals surface area (Å²) in [6.07, 6.45) is 4.13. The zero-order valence-corrected chi connectivity index (χ0v) is 16.4. The van der Waals surface area contributed by atoms with Gasteiger partial charge in [-0.25, -0.2) is 4.79 Å². The number of nitrogens with zero attached hydrogens (tertiary/aromatic N) is 1. The van der Waals surface area contributed by atoms with Crippen molar-refractivity contribution >= 4 is 39.4 Å². The molecule has 1 aromatic rings. The maximum Gasteiger partial charge on any atom is 0.331 e. The summed E-state index contributed by atoms with van der Waals surface area (Å²) in [7, 11) is 1.35. The van der Waals surface area contributed by atoms with E-state index in [-0.39, 0.29) is 24.2 Å². The maximum absolute atomic E-state index is 12.8. The number of rotatable bonds is 4. The zero-order chi connectivity index (χ0) is 18.7. The Balaban J connectivity index is 1.71. The van der Waals surface area contributed by atoms with Gasteiger partial charge < -0.3 is 15.0 Å². The number of halogens is 1. The number of carbonyl (C=O) groups excluding carboxylic acids is 3. The van der Waals surface area contributed by atoms with Crippen LogP contribution in [-0.4, -0.2) is 37.0 Å². The van der Waals surface area contributed by atoms with Crippen LogP contribution in [0.25, 0.3) is 0 Å². The maximum atomic E-state index is 12.8. The monoisotopic (exact) mass is 422 g/mol. The number of ether oxygens (including phenoxy) is 1. The lowest BCUT2D eigenvalue weighted by molar-refractivity contribution is -0.153. The van der Waals surface area contributed by atoms with E-state index in [9.17, 15) is 14.4 Å². The Morgan fingerprint density at radius 2 is 1.85 bits per heavy atom. The summed E-state index contributed by atoms with van der Waals surface area (Å²) < 4.78 is 5.87. The molecule has 140 valence electrons. The summed E-state index contributed by atoms with van der Waals surface area (Å²) in [4.78, 5) is 39.1. The summed E-state index contributed by atoms with van der Waals surface area (Å²) >= 11 is 3.37. The topological polar surface area (TPSA) is 75.7 Å². The van der Waals surface area contributed by atoms with Gasteiger partial charge in [0.25, 0.3) is 0 Å². The van der Waals surface area contributed by atoms with Crippen molar-refractivity contribution in [3.05, 3.63) is 28.7 Å². The Kier molecular flexibility index (Phi) is 5.65. The average Bonchev–Trinajstić information content (AvgIpc) is 3.04. The molecule has 1 heterocycles. The van der Waals surface area contributed by atoms with Gasteiger partial charge in [-0.1, -0.05) is 35.2 Å². The van der Waals surface area contributed by atoms with E-state index in [1.807, 2.05) is 24.3 Å². The van der Waals surface area contributed by atoms with Crippen molar-refractivity contribution in [3.63, 3.8) is 0 Å². The quantitative estimate of drug-likeness (QED) is 0.756. The molecule has 2 amide bonds. The van der Waals surface area contributed by atoms with Crippen LogP contribution in [0, 0.1) is 5.92 Å². The van der Waals surface area contributed by atoms with Gasteiger partial charge in [0.05, 0.1) is 13.0 Å². The lowest BCUT2D eigenvalue weighted by atomic mass is 9.81. The van der Waals surface area contributed by atoms with E-state index in [0.29, 0.717) is 19.4 Å². The molecule has 1 N–H and O–H groups in total. The van der Waals surface area contributed by atoms with Crippen molar-refractivity contribution in [2.75, 3.05) is 18.6 Å². The predicted molar refractivity (Wildman–Crippen MR) is 101 cm³/mol. The molecule has 3 rings (SSSR count). The minimum Gasteiger partial charge on any atom is -0.467 e. The van der Waals surface area contributed by atoms with Gasteiger partial charge in [0.15, 0.2) is 0 Å². The molecule has 6 nitrogen and oxygen atoms in total. The molecule has 0 radical (unpaired) electrons. The highest BCUT2D eigenvalue weighted by Gasteiger charge is 2.44. The third-order valence-electron chi connectivity index (χ3n) is 5.28. The molecule has 0 spiro atoms. The second-order valence-electron chi connectivity index (χ2n) is 7.01. The van der Waals surface area contributed by atoms with E-state index in [4.69, 9.17) is 4.74 Å². The SMILES string of the molecule is COC(=O)C1(NC(=O)[C@H]2CC(=O)N(c3ccc(Br)cc3)C2)CCCCC1. The minimum atomic E-state index is -0.946. The largest absolute Gasteiger partial charge is 0.467 e. The number of nitrogens with one attached hydrogen (secondary N) is 1. The van der Waals surface area contributed by atoms with Crippen molar-refractivity contribution in [1.82, 2.24) is 5.32 Å². The molecule has 1 atom stereocenters. The van der Waals surface area contributed by atoms with Gasteiger partial charge in [-0.05, 0) is 37.1 Å². The molecule has 2 aliphatic rings. The number of hydrogen-bond donors (Lipinski definition) is 1. The normalized spacial score (nSPS) is 22.2. The van der Waals surface area contributed by atoms with E-state index in [1.54, 1.807) is 4.90 Å². The molecule has 1 aromatic carbocycles. The van der Waals surface area contributed by atoms with Gasteiger partial charge in [-0.3, -0.25) is 9.59 Å². The second-order valence-corrected chi connectivity index (χ2v) is 7.92. The fourth-order valence-electron chi connectivity index (χ4n) is 3.82. The summed E-state index contributed by atoms with van der Waals surface area (Å²) in [5, 5.41) is 2.93. The summed E-state index contributed by atoms with van der Waals surface area (Å²) in [6, 6.07) is 7.42. The van der Waals surface area contributed by atoms with E-state index in [2.05, 4.69) is 21.2 Å². The fourth-order valence-corrected chi connectivity index (χ4v) is 4.09. The molecule has 0 aromatic heterocycles. The first-order chi connectivity index (χ1) is 12.4. The zero-order valence-electron chi connectivity index (χ0n) is 14.8. The van der Waals surface area contributed by atoms with Crippen LogP contribution in [-0.2, 0) is 19.1 Å². The molecule has 1 aliphatic carbocycles. The number of hydrogen-bond acceptors (Lipinski definition) is 4. The van der Waals surface area contributed by atoms with Crippen LogP contribution in [0.1, 0.15) is 38.5 Å². The van der Waals surface area contributed by atoms with Crippen LogP contribution in [0.15, 0.2) is 28.7 Å². The molecular weight excluding hydrogens is 400 g/mol. The predicted octanol–water partition coefficient (Wildman–Crippen LogP) is 2.79. The smallest absolute Gasteiger partial charge is 0.331 e. The number of esters is 1. The Bertz CT molecular complexity index is 698. The fraction of sp³-hybridized carbons (Fsp3) is 0.526. The molecule has 0 unspecified atom stereocenters. The number of carbonyl (C=O) groups is 3. The first-order valence-electron chi connectivity index (χ1n) is 8.91. The van der Waals surface area contributed by atoms with Gasteiger partial charge in [0.2, 0.25) is 11.8 Å². The van der Waals surface area contributed by atoms with Crippen molar-refractivity contribution in [1.29, 1.82) is 0 Å². The van der Waals surface area contributed by atoms with Crippen molar-refractivity contribution in [2.45, 2.75) is 44.1 Å². The van der Waals surface area contributed by atoms with E-state index in [0.717, 1.165) is 29.4 Å². The summed E-state index contributed by atoms with van der Waals surface area (Å²) in [5.74, 6) is -1.18. The molecule has 1 saturated heterocycles. The van der Waals surface area contributed by atoms with Crippen LogP contribution >= 0.6 is 15.9 Å². The lowest BCUT2D eigenvalue weighted by Crippen LogP contribution is -2.57. The minimum absolute atomic E-state index is 0.0803. The van der Waals surface area contributed by atoms with Crippen molar-refractivity contribution < 1.29 is 19.1 Å². The van der Waals surface area contributed by atoms with Crippen LogP contribution < -0.4 is 10.2 Å². The molecule has 0 bridgehead atoms. The highest BCUT2D eigenvalue weighted by atomic mass is 79.9. The van der Waals surface area contributed by atoms with Gasteiger partial charge in [0.1, 0.15) is 5.54 Å². The van der Waals surface area contributed by atoms with Crippen molar-refractivity contribution in [2.24, 2.45) is 5.92 Å². The van der Waals surface area contributed by atoms with Gasteiger partial charge in [-0.2, -0.15) is 0 Å². The first-order valence-corrected chi connectivity index (χ1v) is 9.71. The summed E-state index contributed by atoms with van der Waals surface area (Å²) in [6.45, 7) is 0.323. The molecule has 7 heteroatoms. The first kappa shape index (κ1) is 18.9. The standard InChI is InChI=1S/C19H23BrN2O4/c1-26-18(25)19(9-3-2-4-10-19)21-17(24)13-11-16(23)22(12-13)15-7-5-14(20)6-8-15/h5-8,13H,2-4,9-12H2,1H3,(H,21,24)/t13-/m0/s1. The van der Waals surface area contributed by atoms with E-state index < -0.39 is 11.5 Å². The Morgan fingerprint density at radius 3 is 2.46 bits per heavy atom. The highest BCUT2D eigenvalue weighted by molar-refractivity contribution is 9.10. The van der Waals surface area contributed by atoms with E-state index >= 15 is 0 Å². The summed E-state index contributed by atoms with van der Waals surface area (Å²) in [5.41, 5.74) is -0.174. The lowest BCUT2D eigenvalue weighted by Gasteiger charge is -2.35. The average molecular weight is 423 g/mol. The van der Waals surface area contributed by atoms with Gasteiger partial charge in [-0.15, -0.1) is 0 Å². The number of anilines is 1. The van der Waals surface area contributed by atoms with Crippen LogP contribution in [0.3, 0.4) is 0 Å². The number of benzene rings is 1. The Hall–Kier alpha value is -1.89. The molecule has 1 saturated carbocycles. The van der Waals surface area contributed by atoms with Crippen molar-refractivity contribution in [3.8, 4) is 0 Å². The van der Waals surface area contributed by atoms with E-state index in [1.165, 1.54) is 7.11 Å².